The topological polar surface area (TPSA) is 0 Å². The minimum absolute atomic E-state index is 0.849. The number of hydrogen-bond acceptors (Lipinski definition) is 0. The second kappa shape index (κ2) is 12.3. The third-order valence-corrected chi connectivity index (χ3v) is 4.89. The molecule has 0 atom stereocenters. The molecular formula is C26H36N+. The van der Waals surface area contributed by atoms with Crippen LogP contribution in [0.15, 0.2) is 85.2 Å². The third kappa shape index (κ3) is 7.97. The number of quaternary nitrogens is 1. The highest BCUT2D eigenvalue weighted by atomic mass is 15.3. The Labute approximate surface area is 166 Å². The summed E-state index contributed by atoms with van der Waals surface area (Å²) in [4.78, 5) is 0. The van der Waals surface area contributed by atoms with E-state index in [1.165, 1.54) is 36.8 Å². The van der Waals surface area contributed by atoms with Crippen LogP contribution >= 0.6 is 0 Å². The number of allylic oxidation sites excluding steroid dienone is 2. The molecule has 2 aromatic rings. The second-order valence-corrected chi connectivity index (χ2v) is 7.44. The fourth-order valence-electron chi connectivity index (χ4n) is 3.38. The second-order valence-electron chi connectivity index (χ2n) is 7.44. The highest BCUT2D eigenvalue weighted by molar-refractivity contribution is 5.16. The van der Waals surface area contributed by atoms with E-state index in [9.17, 15) is 0 Å². The van der Waals surface area contributed by atoms with Gasteiger partial charge in [-0.15, -0.1) is 0 Å². The number of unbranched alkanes of at least 4 members (excludes halogenated alkanes) is 4. The lowest BCUT2D eigenvalue weighted by molar-refractivity contribution is -0.856. The van der Waals surface area contributed by atoms with Crippen molar-refractivity contribution < 1.29 is 4.48 Å². The first kappa shape index (κ1) is 21.2. The van der Waals surface area contributed by atoms with E-state index in [2.05, 4.69) is 99.1 Å². The molecule has 0 aromatic heterocycles. The first-order chi connectivity index (χ1) is 13.3. The standard InChI is InChI=1S/C26H36N/c1-3-5-7-15-21-27(22-16-8-6-4-2,23-25-17-11-9-12-18-25)24-26-19-13-10-14-20-26/h9-22H,3-8,23-24H2,1-2H3/q+1/b21-15-,22-16+. The van der Waals surface area contributed by atoms with Gasteiger partial charge >= 0.3 is 0 Å². The van der Waals surface area contributed by atoms with Crippen LogP contribution in [0.2, 0.25) is 0 Å². The first-order valence-electron chi connectivity index (χ1n) is 10.6. The first-order valence-corrected chi connectivity index (χ1v) is 10.6. The molecule has 0 heterocycles. The van der Waals surface area contributed by atoms with Crippen molar-refractivity contribution in [1.82, 2.24) is 0 Å². The summed E-state index contributed by atoms with van der Waals surface area (Å²) in [7, 11) is 0. The zero-order valence-corrected chi connectivity index (χ0v) is 17.2. The van der Waals surface area contributed by atoms with Gasteiger partial charge < -0.3 is 0 Å². The number of benzene rings is 2. The molecule has 1 heteroatoms. The molecule has 144 valence electrons. The fourth-order valence-corrected chi connectivity index (χ4v) is 3.38. The molecule has 1 nitrogen and oxygen atoms in total. The Kier molecular flexibility index (Phi) is 9.65. The van der Waals surface area contributed by atoms with Crippen LogP contribution in [0.3, 0.4) is 0 Å². The van der Waals surface area contributed by atoms with Crippen molar-refractivity contribution in [2.45, 2.75) is 65.5 Å². The summed E-state index contributed by atoms with van der Waals surface area (Å²) < 4.78 is 0.849. The summed E-state index contributed by atoms with van der Waals surface area (Å²) >= 11 is 0. The van der Waals surface area contributed by atoms with Crippen molar-refractivity contribution in [3.63, 3.8) is 0 Å². The Morgan fingerprint density at radius 3 is 1.41 bits per heavy atom. The molecule has 0 saturated heterocycles. The lowest BCUT2D eigenvalue weighted by Gasteiger charge is -2.31. The van der Waals surface area contributed by atoms with Crippen molar-refractivity contribution in [2.75, 3.05) is 0 Å². The maximum atomic E-state index is 2.43. The molecule has 0 radical (unpaired) electrons. The molecule has 0 saturated carbocycles. The van der Waals surface area contributed by atoms with E-state index in [0.717, 1.165) is 30.4 Å². The van der Waals surface area contributed by atoms with Crippen LogP contribution in [0.5, 0.6) is 0 Å². The molecule has 0 unspecified atom stereocenters. The van der Waals surface area contributed by atoms with E-state index in [4.69, 9.17) is 0 Å². The lowest BCUT2D eigenvalue weighted by atomic mass is 10.1. The van der Waals surface area contributed by atoms with Gasteiger partial charge in [-0.05, 0) is 37.8 Å². The highest BCUT2D eigenvalue weighted by Crippen LogP contribution is 2.23. The maximum absolute atomic E-state index is 2.43. The van der Waals surface area contributed by atoms with Gasteiger partial charge in [-0.25, -0.2) is 0 Å². The zero-order chi connectivity index (χ0) is 19.2. The van der Waals surface area contributed by atoms with Crippen molar-refractivity contribution in [1.29, 1.82) is 0 Å². The molecule has 27 heavy (non-hydrogen) atoms. The normalized spacial score (nSPS) is 12.2. The van der Waals surface area contributed by atoms with Crippen LogP contribution in [0.1, 0.15) is 63.5 Å². The van der Waals surface area contributed by atoms with Crippen molar-refractivity contribution >= 4 is 0 Å². The maximum Gasteiger partial charge on any atom is 0.113 e. The van der Waals surface area contributed by atoms with E-state index in [-0.39, 0.29) is 0 Å². The summed E-state index contributed by atoms with van der Waals surface area (Å²) in [5, 5.41) is 0. The molecule has 2 rings (SSSR count). The molecular weight excluding hydrogens is 326 g/mol. The summed E-state index contributed by atoms with van der Waals surface area (Å²) in [6.45, 7) is 6.49. The molecule has 0 spiro atoms. The summed E-state index contributed by atoms with van der Waals surface area (Å²) in [5.74, 6) is 0. The molecule has 0 aliphatic carbocycles. The Balaban J connectivity index is 2.32. The number of hydrogen-bond donors (Lipinski definition) is 0. The minimum Gasteiger partial charge on any atom is -0.264 e. The molecule has 0 bridgehead atoms. The molecule has 0 fully saturated rings. The minimum atomic E-state index is 0.849. The Morgan fingerprint density at radius 2 is 1.04 bits per heavy atom. The Morgan fingerprint density at radius 1 is 0.630 bits per heavy atom. The molecule has 0 N–H and O–H groups in total. The monoisotopic (exact) mass is 362 g/mol. The zero-order valence-electron chi connectivity index (χ0n) is 17.2. The molecule has 0 amide bonds. The predicted octanol–water partition coefficient (Wildman–Crippen LogP) is 7.61. The average molecular weight is 363 g/mol. The average Bonchev–Trinajstić information content (AvgIpc) is 2.70. The van der Waals surface area contributed by atoms with Crippen molar-refractivity contribution in [2.24, 2.45) is 0 Å². The molecule has 2 aromatic carbocycles. The Bertz CT molecular complexity index is 608. The number of rotatable bonds is 12. The van der Waals surface area contributed by atoms with Crippen molar-refractivity contribution in [3.8, 4) is 0 Å². The van der Waals surface area contributed by atoms with Gasteiger partial charge in [0.2, 0.25) is 0 Å². The Hall–Kier alpha value is -2.12. The van der Waals surface area contributed by atoms with Gasteiger partial charge in [-0.1, -0.05) is 87.4 Å². The molecule has 0 aliphatic heterocycles. The van der Waals surface area contributed by atoms with E-state index >= 15 is 0 Å². The SMILES string of the molecule is CCCC/C=C\[N+](/C=C/CCCC)(Cc1ccccc1)Cc1ccccc1. The van der Waals surface area contributed by atoms with Gasteiger partial charge in [0.25, 0.3) is 0 Å². The van der Waals surface area contributed by atoms with Gasteiger partial charge in [0.1, 0.15) is 13.1 Å². The van der Waals surface area contributed by atoms with Crippen LogP contribution in [-0.2, 0) is 13.1 Å². The largest absolute Gasteiger partial charge is 0.264 e. The third-order valence-electron chi connectivity index (χ3n) is 4.89. The van der Waals surface area contributed by atoms with Gasteiger partial charge in [0, 0.05) is 11.1 Å². The van der Waals surface area contributed by atoms with Crippen LogP contribution < -0.4 is 0 Å². The fraction of sp³-hybridized carbons (Fsp3) is 0.385. The van der Waals surface area contributed by atoms with Gasteiger partial charge in [0.15, 0.2) is 0 Å². The van der Waals surface area contributed by atoms with Crippen LogP contribution in [-0.4, -0.2) is 4.48 Å². The van der Waals surface area contributed by atoms with Gasteiger partial charge in [0.05, 0.1) is 12.4 Å². The highest BCUT2D eigenvalue weighted by Gasteiger charge is 2.23. The predicted molar refractivity (Wildman–Crippen MR) is 118 cm³/mol. The van der Waals surface area contributed by atoms with E-state index < -0.39 is 0 Å². The summed E-state index contributed by atoms with van der Waals surface area (Å²) in [6, 6.07) is 21.8. The van der Waals surface area contributed by atoms with Crippen LogP contribution in [0.4, 0.5) is 0 Å². The quantitative estimate of drug-likeness (QED) is 0.269. The molecule has 0 aliphatic rings. The van der Waals surface area contributed by atoms with Gasteiger partial charge in [-0.2, -0.15) is 0 Å². The summed E-state index contributed by atoms with van der Waals surface area (Å²) in [6.07, 6.45) is 16.9. The number of nitrogens with zero attached hydrogens (tertiary/aromatic N) is 1. The van der Waals surface area contributed by atoms with E-state index in [1.807, 2.05) is 0 Å². The lowest BCUT2D eigenvalue weighted by Crippen LogP contribution is -2.35. The smallest absolute Gasteiger partial charge is 0.113 e. The van der Waals surface area contributed by atoms with Crippen LogP contribution in [0, 0.1) is 0 Å². The van der Waals surface area contributed by atoms with E-state index in [1.54, 1.807) is 0 Å². The van der Waals surface area contributed by atoms with E-state index in [0.29, 0.717) is 0 Å². The van der Waals surface area contributed by atoms with Gasteiger partial charge in [-0.3, -0.25) is 4.48 Å². The van der Waals surface area contributed by atoms with Crippen molar-refractivity contribution in [3.05, 3.63) is 96.3 Å². The summed E-state index contributed by atoms with van der Waals surface area (Å²) in [5.41, 5.74) is 2.77. The van der Waals surface area contributed by atoms with Crippen LogP contribution in [0.25, 0.3) is 0 Å².